The van der Waals surface area contributed by atoms with Crippen molar-refractivity contribution in [2.75, 3.05) is 25.7 Å². The normalized spacial score (nSPS) is 19.4. The van der Waals surface area contributed by atoms with E-state index in [2.05, 4.69) is 5.32 Å². The third-order valence-corrected chi connectivity index (χ3v) is 5.85. The molecular weight excluding hydrogens is 362 g/mol. The minimum Gasteiger partial charge on any atom is -0.497 e. The maximum atomic E-state index is 12.1. The Morgan fingerprint density at radius 1 is 1.27 bits per heavy atom. The molecule has 0 aromatic heterocycles. The molecule has 0 spiro atoms. The van der Waals surface area contributed by atoms with Gasteiger partial charge < -0.3 is 19.5 Å². The van der Waals surface area contributed by atoms with Gasteiger partial charge in [0.1, 0.15) is 11.5 Å². The van der Waals surface area contributed by atoms with Crippen LogP contribution in [0.1, 0.15) is 18.9 Å². The van der Waals surface area contributed by atoms with Gasteiger partial charge in [-0.15, -0.1) is 0 Å². The number of ether oxygens (including phenoxy) is 3. The summed E-state index contributed by atoms with van der Waals surface area (Å²) < 4.78 is 38.3. The highest BCUT2D eigenvalue weighted by molar-refractivity contribution is 7.91. The quantitative estimate of drug-likeness (QED) is 0.680. The number of benzene rings is 1. The van der Waals surface area contributed by atoms with Crippen LogP contribution in [0.5, 0.6) is 11.5 Å². The van der Waals surface area contributed by atoms with Gasteiger partial charge in [-0.1, -0.05) is 6.07 Å². The molecule has 1 aromatic carbocycles. The molecule has 0 saturated carbocycles. The van der Waals surface area contributed by atoms with Gasteiger partial charge in [0.2, 0.25) is 0 Å². The number of nitrogens with one attached hydrogen (secondary N) is 1. The van der Waals surface area contributed by atoms with Crippen LogP contribution in [-0.4, -0.2) is 58.2 Å². The van der Waals surface area contributed by atoms with Gasteiger partial charge >= 0.3 is 5.97 Å². The molecule has 9 heteroatoms. The van der Waals surface area contributed by atoms with E-state index in [1.54, 1.807) is 18.2 Å². The van der Waals surface area contributed by atoms with Gasteiger partial charge in [-0.2, -0.15) is 0 Å². The largest absolute Gasteiger partial charge is 0.497 e. The summed E-state index contributed by atoms with van der Waals surface area (Å²) in [6, 6.07) is 4.60. The van der Waals surface area contributed by atoms with E-state index in [-0.39, 0.29) is 17.9 Å². The van der Waals surface area contributed by atoms with Gasteiger partial charge in [-0.25, -0.2) is 8.42 Å². The zero-order chi connectivity index (χ0) is 19.3. The molecule has 1 heterocycles. The predicted molar refractivity (Wildman–Crippen MR) is 94.0 cm³/mol. The highest BCUT2D eigenvalue weighted by atomic mass is 32.2. The average Bonchev–Trinajstić information content (AvgIpc) is 2.93. The molecule has 1 amide bonds. The lowest BCUT2D eigenvalue weighted by Crippen LogP contribution is -2.42. The number of sulfone groups is 1. The lowest BCUT2D eigenvalue weighted by molar-refractivity contribution is -0.154. The Hall–Kier alpha value is -2.29. The first-order valence-corrected chi connectivity index (χ1v) is 9.97. The van der Waals surface area contributed by atoms with Crippen LogP contribution in [0.15, 0.2) is 18.2 Å². The lowest BCUT2D eigenvalue weighted by atomic mass is 10.1. The molecular formula is C17H23NO7S. The number of amides is 1. The molecule has 26 heavy (non-hydrogen) atoms. The van der Waals surface area contributed by atoms with E-state index in [0.717, 1.165) is 0 Å². The molecule has 0 bridgehead atoms. The summed E-state index contributed by atoms with van der Waals surface area (Å²) >= 11 is 0. The van der Waals surface area contributed by atoms with E-state index in [1.807, 2.05) is 0 Å². The first-order valence-electron chi connectivity index (χ1n) is 8.15. The van der Waals surface area contributed by atoms with E-state index < -0.39 is 33.9 Å². The Bertz CT molecular complexity index is 775. The fourth-order valence-electron chi connectivity index (χ4n) is 2.67. The summed E-state index contributed by atoms with van der Waals surface area (Å²) in [5.41, 5.74) is 0.604. The third kappa shape index (κ3) is 5.35. The zero-order valence-corrected chi connectivity index (χ0v) is 15.8. The Labute approximate surface area is 152 Å². The van der Waals surface area contributed by atoms with E-state index in [0.29, 0.717) is 23.5 Å². The van der Waals surface area contributed by atoms with Crippen LogP contribution in [0.4, 0.5) is 0 Å². The second-order valence-electron chi connectivity index (χ2n) is 6.10. The zero-order valence-electron chi connectivity index (χ0n) is 15.0. The molecule has 1 saturated heterocycles. The highest BCUT2D eigenvalue weighted by Crippen LogP contribution is 2.25. The van der Waals surface area contributed by atoms with Crippen molar-refractivity contribution >= 4 is 21.7 Å². The highest BCUT2D eigenvalue weighted by Gasteiger charge is 2.30. The van der Waals surface area contributed by atoms with Crippen LogP contribution in [0.3, 0.4) is 0 Å². The number of carbonyl (C=O) groups is 2. The van der Waals surface area contributed by atoms with Gasteiger partial charge in [0, 0.05) is 17.7 Å². The predicted octanol–water partition coefficient (Wildman–Crippen LogP) is 0.481. The van der Waals surface area contributed by atoms with E-state index in [1.165, 1.54) is 21.1 Å². The van der Waals surface area contributed by atoms with Crippen LogP contribution in [0.25, 0.3) is 0 Å². The first-order chi connectivity index (χ1) is 12.2. The standard InChI is InChI=1S/C17H23NO7S/c1-11(17(20)18-13-6-7-26(21,22)10-13)25-16(19)8-12-4-5-14(23-2)9-15(12)24-3/h4-5,9,11,13H,6-8,10H2,1-3H3,(H,18,20)/t11-,13+/m1/s1. The molecule has 0 radical (unpaired) electrons. The molecule has 1 aliphatic heterocycles. The Morgan fingerprint density at radius 2 is 2.00 bits per heavy atom. The summed E-state index contributed by atoms with van der Waals surface area (Å²) in [5, 5.41) is 2.60. The van der Waals surface area contributed by atoms with Crippen molar-refractivity contribution in [3.05, 3.63) is 23.8 Å². The molecule has 2 atom stereocenters. The van der Waals surface area contributed by atoms with Crippen LogP contribution < -0.4 is 14.8 Å². The summed E-state index contributed by atoms with van der Waals surface area (Å²) in [5.74, 6) is -0.0450. The van der Waals surface area contributed by atoms with Crippen molar-refractivity contribution in [1.29, 1.82) is 0 Å². The Kier molecular flexibility index (Phi) is 6.47. The van der Waals surface area contributed by atoms with Crippen LogP contribution >= 0.6 is 0 Å². The minimum atomic E-state index is -3.09. The molecule has 1 fully saturated rings. The number of esters is 1. The number of hydrogen-bond acceptors (Lipinski definition) is 7. The van der Waals surface area contributed by atoms with Gasteiger partial charge in [0.25, 0.3) is 5.91 Å². The summed E-state index contributed by atoms with van der Waals surface area (Å²) in [6.45, 7) is 1.45. The van der Waals surface area contributed by atoms with Crippen molar-refractivity contribution in [3.8, 4) is 11.5 Å². The lowest BCUT2D eigenvalue weighted by Gasteiger charge is -2.17. The van der Waals surface area contributed by atoms with E-state index in [4.69, 9.17) is 14.2 Å². The second-order valence-corrected chi connectivity index (χ2v) is 8.32. The molecule has 0 unspecified atom stereocenters. The van der Waals surface area contributed by atoms with Gasteiger partial charge in [-0.3, -0.25) is 9.59 Å². The van der Waals surface area contributed by atoms with Crippen molar-refractivity contribution in [3.63, 3.8) is 0 Å². The molecule has 1 aliphatic rings. The van der Waals surface area contributed by atoms with E-state index >= 15 is 0 Å². The van der Waals surface area contributed by atoms with Crippen LogP contribution in [0, 0.1) is 0 Å². The maximum Gasteiger partial charge on any atom is 0.311 e. The second kappa shape index (κ2) is 8.39. The molecule has 1 N–H and O–H groups in total. The molecule has 144 valence electrons. The Morgan fingerprint density at radius 3 is 2.58 bits per heavy atom. The number of carbonyl (C=O) groups excluding carboxylic acids is 2. The fourth-order valence-corrected chi connectivity index (χ4v) is 4.35. The number of rotatable bonds is 7. The Balaban J connectivity index is 1.89. The van der Waals surface area contributed by atoms with Gasteiger partial charge in [0.15, 0.2) is 15.9 Å². The SMILES string of the molecule is COc1ccc(CC(=O)O[C@H](C)C(=O)N[C@H]2CCS(=O)(=O)C2)c(OC)c1. The first kappa shape index (κ1) is 20.0. The maximum absolute atomic E-state index is 12.1. The summed E-state index contributed by atoms with van der Waals surface area (Å²) in [4.78, 5) is 24.2. The van der Waals surface area contributed by atoms with Gasteiger partial charge in [0.05, 0.1) is 32.1 Å². The van der Waals surface area contributed by atoms with Crippen LogP contribution in [0.2, 0.25) is 0 Å². The third-order valence-electron chi connectivity index (χ3n) is 4.09. The molecule has 0 aliphatic carbocycles. The minimum absolute atomic E-state index is 0.0589. The van der Waals surface area contributed by atoms with Crippen LogP contribution in [-0.2, 0) is 30.6 Å². The molecule has 8 nitrogen and oxygen atoms in total. The van der Waals surface area contributed by atoms with Crippen molar-refractivity contribution in [2.24, 2.45) is 0 Å². The monoisotopic (exact) mass is 385 g/mol. The number of hydrogen-bond donors (Lipinski definition) is 1. The smallest absolute Gasteiger partial charge is 0.311 e. The summed E-state index contributed by atoms with van der Waals surface area (Å²) in [7, 11) is -0.0828. The summed E-state index contributed by atoms with van der Waals surface area (Å²) in [6.07, 6.45) is -0.713. The molecule has 1 aromatic rings. The number of methoxy groups -OCH3 is 2. The van der Waals surface area contributed by atoms with Crippen molar-refractivity contribution in [1.82, 2.24) is 5.32 Å². The van der Waals surface area contributed by atoms with Crippen molar-refractivity contribution < 1.29 is 32.2 Å². The topological polar surface area (TPSA) is 108 Å². The van der Waals surface area contributed by atoms with Crippen molar-refractivity contribution in [2.45, 2.75) is 31.9 Å². The van der Waals surface area contributed by atoms with E-state index in [9.17, 15) is 18.0 Å². The average molecular weight is 385 g/mol. The fraction of sp³-hybridized carbons (Fsp3) is 0.529. The van der Waals surface area contributed by atoms with Gasteiger partial charge in [-0.05, 0) is 19.4 Å². The molecule has 2 rings (SSSR count).